The lowest BCUT2D eigenvalue weighted by molar-refractivity contribution is -0.141. The number of benzene rings is 1. The van der Waals surface area contributed by atoms with Crippen molar-refractivity contribution in [3.05, 3.63) is 48.2 Å². The monoisotopic (exact) mass is 335 g/mol. The smallest absolute Gasteiger partial charge is 0.372 e. The van der Waals surface area contributed by atoms with Crippen molar-refractivity contribution in [2.24, 2.45) is 7.05 Å². The Morgan fingerprint density at radius 3 is 2.25 bits per heavy atom. The average molecular weight is 335 g/mol. The maximum atomic E-state index is 12.8. The van der Waals surface area contributed by atoms with E-state index in [1.54, 1.807) is 0 Å². The fourth-order valence-corrected chi connectivity index (χ4v) is 3.06. The van der Waals surface area contributed by atoms with Gasteiger partial charge in [-0.05, 0) is 36.5 Å². The summed E-state index contributed by atoms with van der Waals surface area (Å²) in [6.07, 6.45) is -0.831. The van der Waals surface area contributed by atoms with Gasteiger partial charge in [0.1, 0.15) is 0 Å². The Bertz CT molecular complexity index is 723. The molecule has 0 atom stereocenters. The fraction of sp³-hybridized carbons (Fsp3) is 0.389. The molecule has 24 heavy (non-hydrogen) atoms. The van der Waals surface area contributed by atoms with Gasteiger partial charge in [-0.15, -0.1) is 0 Å². The summed E-state index contributed by atoms with van der Waals surface area (Å²) in [5.41, 5.74) is 2.25. The molecule has 1 aliphatic heterocycles. The van der Waals surface area contributed by atoms with Gasteiger partial charge in [0, 0.05) is 25.8 Å². The molecule has 1 aliphatic rings. The van der Waals surface area contributed by atoms with Crippen LogP contribution >= 0.6 is 0 Å². The van der Waals surface area contributed by atoms with Crippen molar-refractivity contribution >= 4 is 5.70 Å². The first-order valence-corrected chi connectivity index (χ1v) is 8.02. The Morgan fingerprint density at radius 1 is 1.08 bits per heavy atom. The summed E-state index contributed by atoms with van der Waals surface area (Å²) < 4.78 is 39.6. The lowest BCUT2D eigenvalue weighted by Crippen LogP contribution is -2.27. The second-order valence-corrected chi connectivity index (χ2v) is 6.11. The van der Waals surface area contributed by atoms with Crippen LogP contribution in [0.1, 0.15) is 30.5 Å². The van der Waals surface area contributed by atoms with Gasteiger partial charge in [-0.1, -0.05) is 30.8 Å². The maximum Gasteiger partial charge on any atom is 0.435 e. The predicted octanol–water partition coefficient (Wildman–Crippen LogP) is 4.56. The van der Waals surface area contributed by atoms with E-state index < -0.39 is 11.9 Å². The number of alkyl halides is 3. The van der Waals surface area contributed by atoms with Crippen LogP contribution in [0.2, 0.25) is 0 Å². The van der Waals surface area contributed by atoms with Gasteiger partial charge >= 0.3 is 6.18 Å². The van der Waals surface area contributed by atoms with E-state index in [0.717, 1.165) is 30.4 Å². The van der Waals surface area contributed by atoms with Crippen LogP contribution < -0.4 is 0 Å². The number of aromatic nitrogens is 2. The number of likely N-dealkylation sites (tertiary alicyclic amines) is 1. The summed E-state index contributed by atoms with van der Waals surface area (Å²) in [6.45, 7) is 6.19. The van der Waals surface area contributed by atoms with E-state index >= 15 is 0 Å². The molecule has 1 saturated heterocycles. The van der Waals surface area contributed by atoms with Crippen LogP contribution in [0.25, 0.3) is 17.0 Å². The van der Waals surface area contributed by atoms with Gasteiger partial charge in [-0.3, -0.25) is 4.68 Å². The number of halogens is 3. The first kappa shape index (κ1) is 16.6. The molecule has 6 heteroatoms. The zero-order chi connectivity index (χ0) is 17.3. The van der Waals surface area contributed by atoms with Gasteiger partial charge in [0.05, 0.1) is 5.69 Å². The molecule has 2 heterocycles. The number of rotatable bonds is 3. The number of hydrogen-bond donors (Lipinski definition) is 0. The molecule has 0 radical (unpaired) electrons. The summed E-state index contributed by atoms with van der Waals surface area (Å²) in [4.78, 5) is 2.27. The third-order valence-corrected chi connectivity index (χ3v) is 4.42. The van der Waals surface area contributed by atoms with E-state index in [1.807, 2.05) is 24.3 Å². The van der Waals surface area contributed by atoms with Gasteiger partial charge in [-0.25, -0.2) is 0 Å². The molecule has 0 bridgehead atoms. The van der Waals surface area contributed by atoms with E-state index in [-0.39, 0.29) is 0 Å². The standard InChI is InChI=1S/C18H20F3N3/c1-13(24-10-4-3-5-11-24)14-6-8-15(9-7-14)16-12-17(18(19,20)21)22-23(16)2/h6-9,12H,1,3-5,10-11H2,2H3. The summed E-state index contributed by atoms with van der Waals surface area (Å²) in [7, 11) is 1.52. The average Bonchev–Trinajstić information content (AvgIpc) is 2.97. The molecule has 0 spiro atoms. The van der Waals surface area contributed by atoms with Crippen LogP contribution in [-0.2, 0) is 13.2 Å². The first-order valence-electron chi connectivity index (χ1n) is 8.02. The molecule has 0 amide bonds. The molecule has 128 valence electrons. The van der Waals surface area contributed by atoms with Crippen molar-refractivity contribution in [3.8, 4) is 11.3 Å². The summed E-state index contributed by atoms with van der Waals surface area (Å²) in [5.74, 6) is 0. The van der Waals surface area contributed by atoms with Gasteiger partial charge in [0.2, 0.25) is 0 Å². The molecule has 1 aromatic heterocycles. The summed E-state index contributed by atoms with van der Waals surface area (Å²) in [6, 6.07) is 8.54. The van der Waals surface area contributed by atoms with E-state index in [9.17, 15) is 13.2 Å². The molecule has 0 aliphatic carbocycles. The van der Waals surface area contributed by atoms with Gasteiger partial charge < -0.3 is 4.90 Å². The van der Waals surface area contributed by atoms with Crippen LogP contribution in [0, 0.1) is 0 Å². The van der Waals surface area contributed by atoms with Gasteiger partial charge in [0.15, 0.2) is 5.69 Å². The number of nitrogens with zero attached hydrogens (tertiary/aromatic N) is 3. The normalized spacial score (nSPS) is 15.6. The molecule has 1 aromatic carbocycles. The number of aryl methyl sites for hydroxylation is 1. The Hall–Kier alpha value is -2.24. The zero-order valence-corrected chi connectivity index (χ0v) is 13.6. The highest BCUT2D eigenvalue weighted by molar-refractivity contribution is 5.67. The lowest BCUT2D eigenvalue weighted by Gasteiger charge is -2.30. The van der Waals surface area contributed by atoms with Crippen LogP contribution in [0.5, 0.6) is 0 Å². The molecule has 3 nitrogen and oxygen atoms in total. The van der Waals surface area contributed by atoms with Crippen molar-refractivity contribution in [2.75, 3.05) is 13.1 Å². The van der Waals surface area contributed by atoms with Crippen LogP contribution in [0.3, 0.4) is 0 Å². The van der Waals surface area contributed by atoms with Crippen molar-refractivity contribution in [2.45, 2.75) is 25.4 Å². The Morgan fingerprint density at radius 2 is 1.71 bits per heavy atom. The minimum absolute atomic E-state index is 0.442. The predicted molar refractivity (Wildman–Crippen MR) is 88.1 cm³/mol. The van der Waals surface area contributed by atoms with Crippen LogP contribution in [0.4, 0.5) is 13.2 Å². The molecule has 0 unspecified atom stereocenters. The van der Waals surface area contributed by atoms with E-state index in [4.69, 9.17) is 0 Å². The van der Waals surface area contributed by atoms with Crippen molar-refractivity contribution in [3.63, 3.8) is 0 Å². The maximum absolute atomic E-state index is 12.8. The zero-order valence-electron chi connectivity index (χ0n) is 13.6. The third kappa shape index (κ3) is 3.32. The highest BCUT2D eigenvalue weighted by Crippen LogP contribution is 2.32. The highest BCUT2D eigenvalue weighted by atomic mass is 19.4. The van der Waals surface area contributed by atoms with Crippen LogP contribution in [-0.4, -0.2) is 27.8 Å². The molecule has 1 fully saturated rings. The third-order valence-electron chi connectivity index (χ3n) is 4.42. The van der Waals surface area contributed by atoms with Crippen molar-refractivity contribution in [1.82, 2.24) is 14.7 Å². The van der Waals surface area contributed by atoms with E-state index in [2.05, 4.69) is 16.6 Å². The highest BCUT2D eigenvalue weighted by Gasteiger charge is 2.34. The van der Waals surface area contributed by atoms with Crippen molar-refractivity contribution in [1.29, 1.82) is 0 Å². The van der Waals surface area contributed by atoms with Crippen LogP contribution in [0.15, 0.2) is 36.9 Å². The van der Waals surface area contributed by atoms with E-state index in [0.29, 0.717) is 11.3 Å². The van der Waals surface area contributed by atoms with Gasteiger partial charge in [0.25, 0.3) is 0 Å². The lowest BCUT2D eigenvalue weighted by atomic mass is 10.0. The molecular weight excluding hydrogens is 315 g/mol. The van der Waals surface area contributed by atoms with Gasteiger partial charge in [-0.2, -0.15) is 18.3 Å². The Balaban J connectivity index is 1.82. The topological polar surface area (TPSA) is 21.1 Å². The van der Waals surface area contributed by atoms with Crippen molar-refractivity contribution < 1.29 is 13.2 Å². The Kier molecular flexibility index (Phi) is 4.39. The SMILES string of the molecule is C=C(c1ccc(-c2cc(C(F)(F)F)nn2C)cc1)N1CCCCC1. The largest absolute Gasteiger partial charge is 0.435 e. The summed E-state index contributed by atoms with van der Waals surface area (Å²) in [5, 5.41) is 3.56. The minimum atomic E-state index is -4.43. The number of piperidine rings is 1. The molecular formula is C18H20F3N3. The molecule has 3 rings (SSSR count). The quantitative estimate of drug-likeness (QED) is 0.820. The minimum Gasteiger partial charge on any atom is -0.372 e. The second kappa shape index (κ2) is 6.34. The number of hydrogen-bond acceptors (Lipinski definition) is 2. The Labute approximate surface area is 139 Å². The molecule has 0 saturated carbocycles. The molecule has 2 aromatic rings. The summed E-state index contributed by atoms with van der Waals surface area (Å²) >= 11 is 0. The van der Waals surface area contributed by atoms with E-state index in [1.165, 1.54) is 31.0 Å². The first-order chi connectivity index (χ1) is 11.4. The molecule has 0 N–H and O–H groups in total. The second-order valence-electron chi connectivity index (χ2n) is 6.11. The fourth-order valence-electron chi connectivity index (χ4n) is 3.06.